The molecule has 1 heterocycles. The lowest BCUT2D eigenvalue weighted by Gasteiger charge is -1.97. The van der Waals surface area contributed by atoms with Gasteiger partial charge in [-0.1, -0.05) is 11.6 Å². The zero-order valence-corrected chi connectivity index (χ0v) is 12.2. The lowest BCUT2D eigenvalue weighted by atomic mass is 10.2. The van der Waals surface area contributed by atoms with Crippen molar-refractivity contribution in [2.24, 2.45) is 0 Å². The minimum absolute atomic E-state index is 0.0958. The van der Waals surface area contributed by atoms with E-state index in [4.69, 9.17) is 20.9 Å². The number of carbonyl (C=O) groups is 1. The van der Waals surface area contributed by atoms with Gasteiger partial charge >= 0.3 is 5.97 Å². The van der Waals surface area contributed by atoms with Crippen LogP contribution in [0.2, 0.25) is 5.02 Å². The predicted molar refractivity (Wildman–Crippen MR) is 73.4 cm³/mol. The molecular weight excluding hydrogens is 370 g/mol. The van der Waals surface area contributed by atoms with Gasteiger partial charge in [0.25, 0.3) is 11.7 Å². The van der Waals surface area contributed by atoms with E-state index in [9.17, 15) is 4.79 Å². The van der Waals surface area contributed by atoms with Crippen LogP contribution in [0.3, 0.4) is 0 Å². The molecule has 18 heavy (non-hydrogen) atoms. The van der Waals surface area contributed by atoms with E-state index in [1.54, 1.807) is 19.1 Å². The summed E-state index contributed by atoms with van der Waals surface area (Å²) in [6.45, 7) is 1.97. The molecule has 0 saturated heterocycles. The van der Waals surface area contributed by atoms with Crippen LogP contribution in [0, 0.1) is 3.57 Å². The Balaban J connectivity index is 2.29. The standard InChI is InChI=1S/C11H8ClIN2O3/c1-2-17-11(16)9-14-10(18-15-9)6-3-4-8(13)7(12)5-6/h3-5H,2H2,1H3. The second kappa shape index (κ2) is 5.66. The summed E-state index contributed by atoms with van der Waals surface area (Å²) >= 11 is 8.11. The Morgan fingerprint density at radius 2 is 2.33 bits per heavy atom. The lowest BCUT2D eigenvalue weighted by molar-refractivity contribution is 0.0508. The van der Waals surface area contributed by atoms with Crippen molar-refractivity contribution in [3.05, 3.63) is 32.6 Å². The molecule has 0 saturated carbocycles. The summed E-state index contributed by atoms with van der Waals surface area (Å²) in [4.78, 5) is 15.3. The van der Waals surface area contributed by atoms with Crippen molar-refractivity contribution in [1.29, 1.82) is 0 Å². The van der Waals surface area contributed by atoms with Crippen LogP contribution >= 0.6 is 34.2 Å². The zero-order valence-electron chi connectivity index (χ0n) is 9.31. The van der Waals surface area contributed by atoms with Crippen LogP contribution in [0.25, 0.3) is 11.5 Å². The lowest BCUT2D eigenvalue weighted by Crippen LogP contribution is -2.06. The molecule has 2 rings (SSSR count). The first-order valence-corrected chi connectivity index (χ1v) is 6.53. The number of aromatic nitrogens is 2. The molecule has 0 aliphatic heterocycles. The summed E-state index contributed by atoms with van der Waals surface area (Å²) in [5.74, 6) is -0.470. The number of hydrogen-bond donors (Lipinski definition) is 0. The molecule has 0 fully saturated rings. The summed E-state index contributed by atoms with van der Waals surface area (Å²) in [5, 5.41) is 4.14. The van der Waals surface area contributed by atoms with Crippen molar-refractivity contribution in [3.63, 3.8) is 0 Å². The number of ether oxygens (including phenoxy) is 1. The largest absolute Gasteiger partial charge is 0.460 e. The third-order valence-corrected chi connectivity index (χ3v) is 3.62. The molecule has 0 radical (unpaired) electrons. The van der Waals surface area contributed by atoms with Gasteiger partial charge in [-0.15, -0.1) is 0 Å². The predicted octanol–water partition coefficient (Wildman–Crippen LogP) is 3.17. The molecule has 1 aromatic carbocycles. The SMILES string of the molecule is CCOC(=O)c1noc(-c2ccc(I)c(Cl)c2)n1. The average Bonchev–Trinajstić information content (AvgIpc) is 2.82. The van der Waals surface area contributed by atoms with Gasteiger partial charge in [0.15, 0.2) is 0 Å². The Hall–Kier alpha value is -1.15. The highest BCUT2D eigenvalue weighted by Crippen LogP contribution is 2.25. The quantitative estimate of drug-likeness (QED) is 0.606. The second-order valence-electron chi connectivity index (χ2n) is 3.27. The average molecular weight is 379 g/mol. The van der Waals surface area contributed by atoms with E-state index in [0.717, 1.165) is 3.57 Å². The molecule has 0 unspecified atom stereocenters. The first-order valence-electron chi connectivity index (χ1n) is 5.08. The number of carbonyl (C=O) groups excluding carboxylic acids is 1. The Bertz CT molecular complexity index is 585. The van der Waals surface area contributed by atoms with E-state index in [-0.39, 0.29) is 18.3 Å². The summed E-state index contributed by atoms with van der Waals surface area (Å²) < 4.78 is 10.7. The smallest absolute Gasteiger partial charge is 0.379 e. The molecule has 94 valence electrons. The monoisotopic (exact) mass is 378 g/mol. The summed E-state index contributed by atoms with van der Waals surface area (Å²) in [6.07, 6.45) is 0. The van der Waals surface area contributed by atoms with E-state index >= 15 is 0 Å². The Morgan fingerprint density at radius 3 is 3.00 bits per heavy atom. The molecule has 2 aromatic rings. The van der Waals surface area contributed by atoms with Gasteiger partial charge in [0.2, 0.25) is 0 Å². The van der Waals surface area contributed by atoms with Crippen LogP contribution in [0.1, 0.15) is 17.5 Å². The summed E-state index contributed by atoms with van der Waals surface area (Å²) in [6, 6.07) is 5.31. The van der Waals surface area contributed by atoms with Gasteiger partial charge in [-0.3, -0.25) is 0 Å². The molecule has 0 aliphatic rings. The van der Waals surface area contributed by atoms with Crippen LogP contribution in [0.4, 0.5) is 0 Å². The summed E-state index contributed by atoms with van der Waals surface area (Å²) in [5.41, 5.74) is 0.656. The van der Waals surface area contributed by atoms with E-state index in [1.165, 1.54) is 0 Å². The van der Waals surface area contributed by atoms with Crippen molar-refractivity contribution in [2.75, 3.05) is 6.61 Å². The van der Waals surface area contributed by atoms with Gasteiger partial charge in [-0.05, 0) is 52.9 Å². The number of hydrogen-bond acceptors (Lipinski definition) is 5. The molecule has 7 heteroatoms. The molecule has 0 aliphatic carbocycles. The van der Waals surface area contributed by atoms with Crippen LogP contribution in [-0.2, 0) is 4.74 Å². The van der Waals surface area contributed by atoms with Gasteiger partial charge < -0.3 is 9.26 Å². The van der Waals surface area contributed by atoms with Gasteiger partial charge in [0.05, 0.1) is 11.6 Å². The Kier molecular flexibility index (Phi) is 4.18. The van der Waals surface area contributed by atoms with Gasteiger partial charge in [-0.2, -0.15) is 4.98 Å². The van der Waals surface area contributed by atoms with Crippen LogP contribution < -0.4 is 0 Å². The number of esters is 1. The number of halogens is 2. The van der Waals surface area contributed by atoms with Crippen LogP contribution in [-0.4, -0.2) is 22.7 Å². The summed E-state index contributed by atoms with van der Waals surface area (Å²) in [7, 11) is 0. The fraction of sp³-hybridized carbons (Fsp3) is 0.182. The topological polar surface area (TPSA) is 65.2 Å². The van der Waals surface area contributed by atoms with Gasteiger partial charge in [0, 0.05) is 9.13 Å². The number of rotatable bonds is 3. The third-order valence-electron chi connectivity index (χ3n) is 2.05. The van der Waals surface area contributed by atoms with Crippen molar-refractivity contribution in [3.8, 4) is 11.5 Å². The first kappa shape index (κ1) is 13.3. The fourth-order valence-electron chi connectivity index (χ4n) is 1.25. The van der Waals surface area contributed by atoms with E-state index in [1.807, 2.05) is 6.07 Å². The molecule has 0 amide bonds. The minimum Gasteiger partial charge on any atom is -0.460 e. The van der Waals surface area contributed by atoms with Gasteiger partial charge in [-0.25, -0.2) is 4.79 Å². The van der Waals surface area contributed by atoms with Crippen molar-refractivity contribution < 1.29 is 14.1 Å². The van der Waals surface area contributed by atoms with Gasteiger partial charge in [0.1, 0.15) is 0 Å². The Labute approximate surface area is 122 Å². The molecule has 0 bridgehead atoms. The highest BCUT2D eigenvalue weighted by Gasteiger charge is 2.16. The molecule has 0 N–H and O–H groups in total. The van der Waals surface area contributed by atoms with Crippen molar-refractivity contribution >= 4 is 40.2 Å². The molecular formula is C11H8ClIN2O3. The molecule has 5 nitrogen and oxygen atoms in total. The normalized spacial score (nSPS) is 10.4. The van der Waals surface area contributed by atoms with Crippen molar-refractivity contribution in [1.82, 2.24) is 10.1 Å². The fourth-order valence-corrected chi connectivity index (χ4v) is 1.76. The number of benzene rings is 1. The molecule has 0 atom stereocenters. The van der Waals surface area contributed by atoms with E-state index in [2.05, 4.69) is 32.7 Å². The zero-order chi connectivity index (χ0) is 13.1. The maximum Gasteiger partial charge on any atom is 0.379 e. The Morgan fingerprint density at radius 1 is 1.56 bits per heavy atom. The third kappa shape index (κ3) is 2.81. The maximum absolute atomic E-state index is 11.4. The second-order valence-corrected chi connectivity index (χ2v) is 4.84. The van der Waals surface area contributed by atoms with Crippen LogP contribution in [0.5, 0.6) is 0 Å². The minimum atomic E-state index is -0.607. The highest BCUT2D eigenvalue weighted by molar-refractivity contribution is 14.1. The number of nitrogens with zero attached hydrogens (tertiary/aromatic N) is 2. The highest BCUT2D eigenvalue weighted by atomic mass is 127. The molecule has 0 spiro atoms. The van der Waals surface area contributed by atoms with E-state index < -0.39 is 5.97 Å². The van der Waals surface area contributed by atoms with E-state index in [0.29, 0.717) is 10.6 Å². The first-order chi connectivity index (χ1) is 8.61. The maximum atomic E-state index is 11.4. The molecule has 1 aromatic heterocycles. The van der Waals surface area contributed by atoms with Crippen LogP contribution in [0.15, 0.2) is 22.7 Å². The van der Waals surface area contributed by atoms with Crippen molar-refractivity contribution in [2.45, 2.75) is 6.92 Å².